The van der Waals surface area contributed by atoms with E-state index in [0.29, 0.717) is 13.0 Å². The van der Waals surface area contributed by atoms with Crippen LogP contribution in [-0.2, 0) is 4.79 Å². The van der Waals surface area contributed by atoms with E-state index < -0.39 is 0 Å². The van der Waals surface area contributed by atoms with Crippen molar-refractivity contribution >= 4 is 5.91 Å². The van der Waals surface area contributed by atoms with E-state index in [0.717, 1.165) is 16.9 Å². The van der Waals surface area contributed by atoms with E-state index in [1.807, 2.05) is 68.4 Å². The molecule has 21 heavy (non-hydrogen) atoms. The number of rotatable bonds is 6. The first kappa shape index (κ1) is 15.1. The molecular formula is C18H21NO2. The summed E-state index contributed by atoms with van der Waals surface area (Å²) >= 11 is 0. The van der Waals surface area contributed by atoms with Crippen LogP contribution in [0, 0.1) is 6.92 Å². The van der Waals surface area contributed by atoms with Gasteiger partial charge in [0, 0.05) is 0 Å². The molecule has 110 valence electrons. The van der Waals surface area contributed by atoms with Crippen molar-refractivity contribution in [3.05, 3.63) is 65.7 Å². The van der Waals surface area contributed by atoms with Gasteiger partial charge in [0.05, 0.1) is 19.1 Å². The molecule has 0 heterocycles. The van der Waals surface area contributed by atoms with Crippen LogP contribution in [0.2, 0.25) is 0 Å². The minimum absolute atomic E-state index is 0.0000581. The number of carbonyl (C=O) groups is 1. The topological polar surface area (TPSA) is 38.3 Å². The first-order chi connectivity index (χ1) is 10.2. The molecule has 0 aliphatic rings. The summed E-state index contributed by atoms with van der Waals surface area (Å²) in [4.78, 5) is 11.9. The van der Waals surface area contributed by atoms with Crippen LogP contribution in [0.3, 0.4) is 0 Å². The largest absolute Gasteiger partial charge is 0.493 e. The summed E-state index contributed by atoms with van der Waals surface area (Å²) in [6.45, 7) is 4.36. The van der Waals surface area contributed by atoms with E-state index in [4.69, 9.17) is 4.74 Å². The Morgan fingerprint density at radius 2 is 1.76 bits per heavy atom. The highest BCUT2D eigenvalue weighted by Crippen LogP contribution is 2.16. The standard InChI is InChI=1S/C18H21NO2/c1-14-8-6-7-11-17(14)21-13-12-18(20)19-15(2)16-9-4-3-5-10-16/h3-11,15H,12-13H2,1-2H3,(H,19,20). The predicted octanol–water partition coefficient (Wildman–Crippen LogP) is 3.64. The molecule has 0 aliphatic carbocycles. The van der Waals surface area contributed by atoms with Crippen molar-refractivity contribution in [3.8, 4) is 5.75 Å². The van der Waals surface area contributed by atoms with Crippen molar-refractivity contribution in [3.63, 3.8) is 0 Å². The van der Waals surface area contributed by atoms with Crippen LogP contribution in [0.4, 0.5) is 0 Å². The summed E-state index contributed by atoms with van der Waals surface area (Å²) in [5.74, 6) is 0.835. The Morgan fingerprint density at radius 3 is 2.48 bits per heavy atom. The molecule has 0 saturated heterocycles. The fraction of sp³-hybridized carbons (Fsp3) is 0.278. The SMILES string of the molecule is Cc1ccccc1OCCC(=O)NC(C)c1ccccc1. The third kappa shape index (κ3) is 4.63. The Morgan fingerprint density at radius 1 is 1.10 bits per heavy atom. The maximum Gasteiger partial charge on any atom is 0.223 e. The smallest absolute Gasteiger partial charge is 0.223 e. The first-order valence-corrected chi connectivity index (χ1v) is 7.19. The van der Waals surface area contributed by atoms with Gasteiger partial charge in [-0.15, -0.1) is 0 Å². The molecule has 3 nitrogen and oxygen atoms in total. The number of para-hydroxylation sites is 1. The second-order valence-corrected chi connectivity index (χ2v) is 5.06. The van der Waals surface area contributed by atoms with Gasteiger partial charge in [-0.1, -0.05) is 48.5 Å². The van der Waals surface area contributed by atoms with Gasteiger partial charge in [0.1, 0.15) is 5.75 Å². The lowest BCUT2D eigenvalue weighted by Gasteiger charge is -2.14. The van der Waals surface area contributed by atoms with E-state index in [1.54, 1.807) is 0 Å². The van der Waals surface area contributed by atoms with Gasteiger partial charge in [-0.25, -0.2) is 0 Å². The zero-order valence-corrected chi connectivity index (χ0v) is 12.5. The molecule has 2 rings (SSSR count). The zero-order valence-electron chi connectivity index (χ0n) is 12.5. The molecule has 0 aromatic heterocycles. The Bertz CT molecular complexity index is 581. The summed E-state index contributed by atoms with van der Waals surface area (Å²) in [6.07, 6.45) is 0.353. The number of carbonyl (C=O) groups excluding carboxylic acids is 1. The van der Waals surface area contributed by atoms with E-state index in [2.05, 4.69) is 5.32 Å². The molecule has 1 unspecified atom stereocenters. The van der Waals surface area contributed by atoms with Crippen LogP contribution >= 0.6 is 0 Å². The van der Waals surface area contributed by atoms with E-state index >= 15 is 0 Å². The van der Waals surface area contributed by atoms with E-state index in [9.17, 15) is 4.79 Å². The molecule has 0 fully saturated rings. The Hall–Kier alpha value is -2.29. The molecule has 0 radical (unpaired) electrons. The highest BCUT2D eigenvalue weighted by Gasteiger charge is 2.09. The van der Waals surface area contributed by atoms with Gasteiger partial charge >= 0.3 is 0 Å². The number of hydrogen-bond acceptors (Lipinski definition) is 2. The Balaban J connectivity index is 1.76. The lowest BCUT2D eigenvalue weighted by Crippen LogP contribution is -2.27. The number of nitrogens with one attached hydrogen (secondary N) is 1. The van der Waals surface area contributed by atoms with Crippen LogP contribution in [0.1, 0.15) is 30.5 Å². The average molecular weight is 283 g/mol. The van der Waals surface area contributed by atoms with Gasteiger partial charge in [-0.05, 0) is 31.0 Å². The van der Waals surface area contributed by atoms with Crippen molar-refractivity contribution in [2.45, 2.75) is 26.3 Å². The van der Waals surface area contributed by atoms with Crippen molar-refractivity contribution in [2.24, 2.45) is 0 Å². The summed E-state index contributed by atoms with van der Waals surface area (Å²) in [5, 5.41) is 2.98. The quantitative estimate of drug-likeness (QED) is 0.879. The van der Waals surface area contributed by atoms with Crippen molar-refractivity contribution in [1.29, 1.82) is 0 Å². The Labute approximate surface area is 126 Å². The maximum atomic E-state index is 11.9. The highest BCUT2D eigenvalue weighted by molar-refractivity contribution is 5.76. The number of ether oxygens (including phenoxy) is 1. The van der Waals surface area contributed by atoms with Gasteiger partial charge < -0.3 is 10.1 Å². The maximum absolute atomic E-state index is 11.9. The predicted molar refractivity (Wildman–Crippen MR) is 84.3 cm³/mol. The van der Waals surface area contributed by atoms with Gasteiger partial charge in [0.2, 0.25) is 5.91 Å². The molecule has 1 N–H and O–H groups in total. The van der Waals surface area contributed by atoms with Crippen LogP contribution in [0.15, 0.2) is 54.6 Å². The van der Waals surface area contributed by atoms with Crippen LogP contribution < -0.4 is 10.1 Å². The van der Waals surface area contributed by atoms with E-state index in [-0.39, 0.29) is 11.9 Å². The van der Waals surface area contributed by atoms with Crippen molar-refractivity contribution in [2.75, 3.05) is 6.61 Å². The minimum Gasteiger partial charge on any atom is -0.493 e. The van der Waals surface area contributed by atoms with Gasteiger partial charge in [-0.3, -0.25) is 4.79 Å². The average Bonchev–Trinajstić information content (AvgIpc) is 2.50. The Kier molecular flexibility index (Phi) is 5.38. The molecule has 1 atom stereocenters. The molecular weight excluding hydrogens is 262 g/mol. The molecule has 2 aromatic carbocycles. The summed E-state index contributed by atoms with van der Waals surface area (Å²) < 4.78 is 5.63. The molecule has 0 bridgehead atoms. The fourth-order valence-electron chi connectivity index (χ4n) is 2.11. The molecule has 0 saturated carbocycles. The number of aryl methyl sites for hydroxylation is 1. The van der Waals surface area contributed by atoms with Crippen molar-refractivity contribution in [1.82, 2.24) is 5.32 Å². The molecule has 0 aliphatic heterocycles. The molecule has 1 amide bonds. The second-order valence-electron chi connectivity index (χ2n) is 5.06. The van der Waals surface area contributed by atoms with Gasteiger partial charge in [-0.2, -0.15) is 0 Å². The lowest BCUT2D eigenvalue weighted by molar-refractivity contribution is -0.122. The first-order valence-electron chi connectivity index (χ1n) is 7.19. The van der Waals surface area contributed by atoms with Crippen molar-refractivity contribution < 1.29 is 9.53 Å². The number of benzene rings is 2. The molecule has 3 heteroatoms. The molecule has 0 spiro atoms. The van der Waals surface area contributed by atoms with Crippen LogP contribution in [0.25, 0.3) is 0 Å². The normalized spacial score (nSPS) is 11.7. The summed E-state index contributed by atoms with van der Waals surface area (Å²) in [7, 11) is 0. The fourth-order valence-corrected chi connectivity index (χ4v) is 2.11. The monoisotopic (exact) mass is 283 g/mol. The highest BCUT2D eigenvalue weighted by atomic mass is 16.5. The van der Waals surface area contributed by atoms with E-state index in [1.165, 1.54) is 0 Å². The second kappa shape index (κ2) is 7.48. The van der Waals surface area contributed by atoms with Crippen LogP contribution in [-0.4, -0.2) is 12.5 Å². The summed E-state index contributed by atoms with van der Waals surface area (Å²) in [6, 6.07) is 17.7. The molecule has 2 aromatic rings. The van der Waals surface area contributed by atoms with Crippen LogP contribution in [0.5, 0.6) is 5.75 Å². The summed E-state index contributed by atoms with van der Waals surface area (Å²) in [5.41, 5.74) is 2.18. The zero-order chi connectivity index (χ0) is 15.1. The number of hydrogen-bond donors (Lipinski definition) is 1. The minimum atomic E-state index is -0.0000581. The lowest BCUT2D eigenvalue weighted by atomic mass is 10.1. The third-order valence-electron chi connectivity index (χ3n) is 3.36. The number of amides is 1. The van der Waals surface area contributed by atoms with Gasteiger partial charge in [0.25, 0.3) is 0 Å². The van der Waals surface area contributed by atoms with Gasteiger partial charge in [0.15, 0.2) is 0 Å². The third-order valence-corrected chi connectivity index (χ3v) is 3.36.